The van der Waals surface area contributed by atoms with Gasteiger partial charge in [0.2, 0.25) is 0 Å². The summed E-state index contributed by atoms with van der Waals surface area (Å²) < 4.78 is 0. The summed E-state index contributed by atoms with van der Waals surface area (Å²) in [6.07, 6.45) is 0. The van der Waals surface area contributed by atoms with Crippen molar-refractivity contribution in [3.63, 3.8) is 0 Å². The minimum atomic E-state index is -1.18. The van der Waals surface area contributed by atoms with Crippen molar-refractivity contribution in [3.8, 4) is 0 Å². The van der Waals surface area contributed by atoms with Crippen molar-refractivity contribution < 1.29 is 50.4 Å². The van der Waals surface area contributed by atoms with E-state index in [1.807, 2.05) is 0 Å². The Morgan fingerprint density at radius 2 is 1.13 bits per heavy atom. The molecule has 0 spiro atoms. The molecule has 2 unspecified atom stereocenters. The predicted octanol–water partition coefficient (Wildman–Crippen LogP) is -3.22. The molecule has 0 saturated heterocycles. The maximum absolute atomic E-state index is 9.65. The summed E-state index contributed by atoms with van der Waals surface area (Å²) in [5.41, 5.74) is 9.53. The first-order chi connectivity index (χ1) is 6.36. The van der Waals surface area contributed by atoms with Crippen LogP contribution in [-0.2, 0) is 30.0 Å². The number of carbonyl (C=O) groups is 2. The molecule has 0 aromatic rings. The molecule has 9 heteroatoms. The molecule has 0 saturated carbocycles. The molecule has 0 fully saturated rings. The van der Waals surface area contributed by atoms with Gasteiger partial charge in [-0.05, 0) is 0 Å². The Bertz CT molecular complexity index is 170. The summed E-state index contributed by atoms with van der Waals surface area (Å²) >= 11 is 0. The van der Waals surface area contributed by atoms with Crippen molar-refractivity contribution in [2.75, 3.05) is 13.2 Å². The Hall–Kier alpha value is -0.558. The third kappa shape index (κ3) is 13.4. The zero-order chi connectivity index (χ0) is 11.7. The van der Waals surface area contributed by atoms with Gasteiger partial charge >= 0.3 is 11.9 Å². The SMILES string of the molecule is NC(CO)C(=O)O.NC(CO)C(=O)O.[Pd]. The second kappa shape index (κ2) is 11.5. The molecule has 0 aromatic carbocycles. The second-order valence-electron chi connectivity index (χ2n) is 2.25. The van der Waals surface area contributed by atoms with Crippen molar-refractivity contribution in [2.24, 2.45) is 11.5 Å². The van der Waals surface area contributed by atoms with E-state index in [0.717, 1.165) is 0 Å². The second-order valence-corrected chi connectivity index (χ2v) is 2.25. The summed E-state index contributed by atoms with van der Waals surface area (Å²) in [5.74, 6) is -2.36. The predicted molar refractivity (Wildman–Crippen MR) is 45.4 cm³/mol. The van der Waals surface area contributed by atoms with Gasteiger partial charge in [0, 0.05) is 20.4 Å². The average Bonchev–Trinajstić information content (AvgIpc) is 2.15. The van der Waals surface area contributed by atoms with Gasteiger partial charge < -0.3 is 31.9 Å². The van der Waals surface area contributed by atoms with E-state index in [0.29, 0.717) is 0 Å². The van der Waals surface area contributed by atoms with Gasteiger partial charge in [-0.15, -0.1) is 0 Å². The van der Waals surface area contributed by atoms with Crippen LogP contribution in [0.2, 0.25) is 0 Å². The van der Waals surface area contributed by atoms with Gasteiger partial charge in [0.1, 0.15) is 12.1 Å². The van der Waals surface area contributed by atoms with Crippen LogP contribution in [0.1, 0.15) is 0 Å². The quantitative estimate of drug-likeness (QED) is 0.294. The van der Waals surface area contributed by atoms with Crippen LogP contribution in [0.5, 0.6) is 0 Å². The fourth-order valence-electron chi connectivity index (χ4n) is 0.156. The fourth-order valence-corrected chi connectivity index (χ4v) is 0.156. The number of aliphatic carboxylic acids is 2. The van der Waals surface area contributed by atoms with Crippen LogP contribution in [0, 0.1) is 0 Å². The number of rotatable bonds is 4. The number of hydrogen-bond acceptors (Lipinski definition) is 6. The molecular weight excluding hydrogens is 302 g/mol. The molecule has 2 atom stereocenters. The summed E-state index contributed by atoms with van der Waals surface area (Å²) in [7, 11) is 0. The van der Waals surface area contributed by atoms with Crippen LogP contribution in [0.25, 0.3) is 0 Å². The van der Waals surface area contributed by atoms with Crippen molar-refractivity contribution in [2.45, 2.75) is 12.1 Å². The summed E-state index contributed by atoms with van der Waals surface area (Å²) in [6.45, 7) is -1.01. The van der Waals surface area contributed by atoms with E-state index in [1.54, 1.807) is 0 Å². The Morgan fingerprint density at radius 1 is 0.933 bits per heavy atom. The molecule has 15 heavy (non-hydrogen) atoms. The molecule has 8 nitrogen and oxygen atoms in total. The molecule has 8 N–H and O–H groups in total. The van der Waals surface area contributed by atoms with E-state index in [1.165, 1.54) is 0 Å². The van der Waals surface area contributed by atoms with Crippen LogP contribution in [0.15, 0.2) is 0 Å². The largest absolute Gasteiger partial charge is 0.480 e. The van der Waals surface area contributed by atoms with Crippen LogP contribution in [0.3, 0.4) is 0 Å². The molecule has 0 radical (unpaired) electrons. The normalized spacial score (nSPS) is 12.5. The van der Waals surface area contributed by atoms with E-state index in [-0.39, 0.29) is 20.4 Å². The zero-order valence-corrected chi connectivity index (χ0v) is 9.20. The van der Waals surface area contributed by atoms with Crippen molar-refractivity contribution in [1.29, 1.82) is 0 Å². The smallest absolute Gasteiger partial charge is 0.322 e. The monoisotopic (exact) mass is 316 g/mol. The summed E-state index contributed by atoms with van der Waals surface area (Å²) in [5, 5.41) is 31.8. The summed E-state index contributed by atoms with van der Waals surface area (Å²) in [6, 6.07) is -2.25. The van der Waals surface area contributed by atoms with Gasteiger partial charge in [0.05, 0.1) is 13.2 Å². The maximum atomic E-state index is 9.65. The molecule has 0 aliphatic carbocycles. The first kappa shape index (κ1) is 19.9. The average molecular weight is 317 g/mol. The number of aliphatic hydroxyl groups excluding tert-OH is 2. The number of hydrogen-bond donors (Lipinski definition) is 6. The Morgan fingerprint density at radius 3 is 1.13 bits per heavy atom. The molecule has 0 aliphatic rings. The third-order valence-electron chi connectivity index (χ3n) is 1.03. The zero-order valence-electron chi connectivity index (χ0n) is 7.65. The Kier molecular flexibility index (Phi) is 15.3. The molecular formula is C6H14N2O6Pd. The molecule has 94 valence electrons. The van der Waals surface area contributed by atoms with Crippen LogP contribution in [0.4, 0.5) is 0 Å². The molecule has 0 amide bonds. The summed E-state index contributed by atoms with van der Waals surface area (Å²) in [4.78, 5) is 19.3. The maximum Gasteiger partial charge on any atom is 0.322 e. The fraction of sp³-hybridized carbons (Fsp3) is 0.667. The van der Waals surface area contributed by atoms with Gasteiger partial charge in [-0.1, -0.05) is 0 Å². The van der Waals surface area contributed by atoms with Gasteiger partial charge in [0.25, 0.3) is 0 Å². The number of aliphatic hydroxyl groups is 2. The topological polar surface area (TPSA) is 167 Å². The minimum absolute atomic E-state index is 0. The minimum Gasteiger partial charge on any atom is -0.480 e. The first-order valence-corrected chi connectivity index (χ1v) is 3.55. The third-order valence-corrected chi connectivity index (χ3v) is 1.03. The standard InChI is InChI=1S/2C3H7NO3.Pd/c2*4-2(1-5)3(6)7;/h2*2,5H,1,4H2,(H,6,7);. The number of nitrogens with two attached hydrogens (primary N) is 2. The van der Waals surface area contributed by atoms with Gasteiger partial charge in [-0.2, -0.15) is 0 Å². The molecule has 0 heterocycles. The first-order valence-electron chi connectivity index (χ1n) is 3.55. The Labute approximate surface area is 99.5 Å². The van der Waals surface area contributed by atoms with Crippen LogP contribution >= 0.6 is 0 Å². The molecule has 0 bridgehead atoms. The van der Waals surface area contributed by atoms with E-state index in [9.17, 15) is 9.59 Å². The van der Waals surface area contributed by atoms with Crippen LogP contribution in [-0.4, -0.2) is 57.7 Å². The number of carboxylic acid groups (broad SMARTS) is 2. The van der Waals surface area contributed by atoms with Gasteiger partial charge in [0.15, 0.2) is 0 Å². The van der Waals surface area contributed by atoms with Gasteiger partial charge in [-0.25, -0.2) is 0 Å². The number of carboxylic acids is 2. The molecule has 0 rings (SSSR count). The van der Waals surface area contributed by atoms with Crippen molar-refractivity contribution in [1.82, 2.24) is 0 Å². The van der Waals surface area contributed by atoms with E-state index in [4.69, 9.17) is 31.9 Å². The molecule has 0 aromatic heterocycles. The van der Waals surface area contributed by atoms with Crippen LogP contribution < -0.4 is 11.5 Å². The van der Waals surface area contributed by atoms with E-state index < -0.39 is 37.2 Å². The van der Waals surface area contributed by atoms with E-state index >= 15 is 0 Å². The van der Waals surface area contributed by atoms with E-state index in [2.05, 4.69) is 0 Å². The Balaban J connectivity index is -0.000000180. The van der Waals surface area contributed by atoms with Gasteiger partial charge in [-0.3, -0.25) is 9.59 Å². The van der Waals surface area contributed by atoms with Crippen molar-refractivity contribution >= 4 is 11.9 Å². The molecule has 0 aliphatic heterocycles. The van der Waals surface area contributed by atoms with Crippen molar-refractivity contribution in [3.05, 3.63) is 0 Å².